The third kappa shape index (κ3) is 4.47. The summed E-state index contributed by atoms with van der Waals surface area (Å²) in [4.78, 5) is 25.3. The van der Waals surface area contributed by atoms with Gasteiger partial charge in [-0.25, -0.2) is 4.79 Å². The molecule has 0 radical (unpaired) electrons. The molecule has 1 aliphatic heterocycles. The van der Waals surface area contributed by atoms with Crippen LogP contribution in [0.15, 0.2) is 12.1 Å². The number of hydrogen-bond acceptors (Lipinski definition) is 3. The number of hydrogen-bond donors (Lipinski definition) is 1. The number of carboxylic acids is 1. The van der Waals surface area contributed by atoms with E-state index in [1.54, 1.807) is 12.1 Å². The van der Waals surface area contributed by atoms with Crippen molar-refractivity contribution >= 4 is 11.9 Å². The lowest BCUT2D eigenvalue weighted by atomic mass is 10.0. The highest BCUT2D eigenvalue weighted by molar-refractivity contribution is 5.95. The standard InChI is InChI=1S/C18H25NO4/c1-12-5-4-7-19(8-6-12)18(22)15-9-13(2)17(14(3)10-15)23-11-16(20)21/h9-10,12H,4-8,11H2,1-3H3,(H,20,21). The van der Waals surface area contributed by atoms with Crippen molar-refractivity contribution in [1.29, 1.82) is 0 Å². The normalized spacial score (nSPS) is 18.4. The Morgan fingerprint density at radius 1 is 1.22 bits per heavy atom. The Bertz CT molecular complexity index is 574. The topological polar surface area (TPSA) is 66.8 Å². The number of nitrogens with zero attached hydrogens (tertiary/aromatic N) is 1. The Hall–Kier alpha value is -2.04. The number of aryl methyl sites for hydroxylation is 2. The Labute approximate surface area is 137 Å². The zero-order valence-corrected chi connectivity index (χ0v) is 14.1. The fraction of sp³-hybridized carbons (Fsp3) is 0.556. The van der Waals surface area contributed by atoms with Crippen molar-refractivity contribution in [1.82, 2.24) is 4.90 Å². The molecule has 23 heavy (non-hydrogen) atoms. The lowest BCUT2D eigenvalue weighted by Crippen LogP contribution is -2.32. The van der Waals surface area contributed by atoms with E-state index in [-0.39, 0.29) is 12.5 Å². The van der Waals surface area contributed by atoms with Crippen LogP contribution in [0.3, 0.4) is 0 Å². The number of likely N-dealkylation sites (tertiary alicyclic amines) is 1. The van der Waals surface area contributed by atoms with Crippen LogP contribution in [0.25, 0.3) is 0 Å². The average molecular weight is 319 g/mol. The Kier molecular flexibility index (Phi) is 5.64. The number of benzene rings is 1. The molecule has 1 fully saturated rings. The van der Waals surface area contributed by atoms with E-state index in [1.165, 1.54) is 6.42 Å². The zero-order valence-electron chi connectivity index (χ0n) is 14.1. The molecule has 1 aliphatic rings. The van der Waals surface area contributed by atoms with Crippen LogP contribution in [0.1, 0.15) is 47.7 Å². The lowest BCUT2D eigenvalue weighted by Gasteiger charge is -2.21. The van der Waals surface area contributed by atoms with Crippen molar-refractivity contribution in [2.75, 3.05) is 19.7 Å². The predicted octanol–water partition coefficient (Wildman–Crippen LogP) is 3.03. The van der Waals surface area contributed by atoms with E-state index in [0.717, 1.165) is 37.1 Å². The number of aliphatic carboxylic acids is 1. The second kappa shape index (κ2) is 7.49. The molecule has 5 nitrogen and oxygen atoms in total. The maximum atomic E-state index is 12.7. The summed E-state index contributed by atoms with van der Waals surface area (Å²) in [5, 5.41) is 8.73. The minimum absolute atomic E-state index is 0.0510. The number of carboxylic acid groups (broad SMARTS) is 1. The van der Waals surface area contributed by atoms with Crippen LogP contribution >= 0.6 is 0 Å². The number of carbonyl (C=O) groups is 2. The third-order valence-corrected chi connectivity index (χ3v) is 4.35. The molecule has 0 aromatic heterocycles. The van der Waals surface area contributed by atoms with E-state index in [0.29, 0.717) is 17.2 Å². The van der Waals surface area contributed by atoms with Crippen molar-refractivity contribution in [3.8, 4) is 5.75 Å². The smallest absolute Gasteiger partial charge is 0.341 e. The van der Waals surface area contributed by atoms with Gasteiger partial charge in [-0.3, -0.25) is 4.79 Å². The molecule has 1 atom stereocenters. The highest BCUT2D eigenvalue weighted by Gasteiger charge is 2.21. The van der Waals surface area contributed by atoms with Crippen LogP contribution in [0.4, 0.5) is 0 Å². The molecule has 1 aromatic rings. The lowest BCUT2D eigenvalue weighted by molar-refractivity contribution is -0.139. The second-order valence-corrected chi connectivity index (χ2v) is 6.45. The molecule has 1 amide bonds. The minimum Gasteiger partial charge on any atom is -0.481 e. The first-order valence-corrected chi connectivity index (χ1v) is 8.13. The number of rotatable bonds is 4. The SMILES string of the molecule is Cc1cc(C(=O)N2CCCC(C)CC2)cc(C)c1OCC(=O)O. The summed E-state index contributed by atoms with van der Waals surface area (Å²) in [7, 11) is 0. The Morgan fingerprint density at radius 3 is 2.48 bits per heavy atom. The maximum Gasteiger partial charge on any atom is 0.341 e. The molecule has 2 rings (SSSR count). The number of amides is 1. The molecular weight excluding hydrogens is 294 g/mol. The molecule has 1 aromatic carbocycles. The van der Waals surface area contributed by atoms with Crippen LogP contribution in [-0.2, 0) is 4.79 Å². The van der Waals surface area contributed by atoms with Crippen molar-refractivity contribution in [3.05, 3.63) is 28.8 Å². The molecule has 1 heterocycles. The van der Waals surface area contributed by atoms with Gasteiger partial charge in [0, 0.05) is 18.7 Å². The largest absolute Gasteiger partial charge is 0.481 e. The number of carbonyl (C=O) groups excluding carboxylic acids is 1. The zero-order chi connectivity index (χ0) is 17.0. The first-order valence-electron chi connectivity index (χ1n) is 8.13. The molecule has 126 valence electrons. The first kappa shape index (κ1) is 17.3. The summed E-state index contributed by atoms with van der Waals surface area (Å²) in [5.74, 6) is 0.259. The molecule has 1 unspecified atom stereocenters. The fourth-order valence-electron chi connectivity index (χ4n) is 3.08. The summed E-state index contributed by atoms with van der Waals surface area (Å²) in [6.07, 6.45) is 3.26. The van der Waals surface area contributed by atoms with Gasteiger partial charge in [0.05, 0.1) is 0 Å². The molecule has 0 aliphatic carbocycles. The predicted molar refractivity (Wildman–Crippen MR) is 88.0 cm³/mol. The van der Waals surface area contributed by atoms with Crippen LogP contribution in [0, 0.1) is 19.8 Å². The van der Waals surface area contributed by atoms with Gasteiger partial charge in [-0.1, -0.05) is 6.92 Å². The maximum absolute atomic E-state index is 12.7. The fourth-order valence-corrected chi connectivity index (χ4v) is 3.08. The third-order valence-electron chi connectivity index (χ3n) is 4.35. The van der Waals surface area contributed by atoms with Gasteiger partial charge in [0.15, 0.2) is 6.61 Å². The van der Waals surface area contributed by atoms with Crippen molar-refractivity contribution in [2.45, 2.75) is 40.0 Å². The highest BCUT2D eigenvalue weighted by atomic mass is 16.5. The molecule has 0 bridgehead atoms. The Morgan fingerprint density at radius 2 is 1.87 bits per heavy atom. The summed E-state index contributed by atoms with van der Waals surface area (Å²) in [6, 6.07) is 3.58. The second-order valence-electron chi connectivity index (χ2n) is 6.45. The van der Waals surface area contributed by atoms with E-state index in [1.807, 2.05) is 18.7 Å². The van der Waals surface area contributed by atoms with Crippen molar-refractivity contribution in [3.63, 3.8) is 0 Å². The van der Waals surface area contributed by atoms with Crippen LogP contribution in [0.5, 0.6) is 5.75 Å². The van der Waals surface area contributed by atoms with Gasteiger partial charge >= 0.3 is 5.97 Å². The molecule has 1 N–H and O–H groups in total. The van der Waals surface area contributed by atoms with Gasteiger partial charge < -0.3 is 14.7 Å². The summed E-state index contributed by atoms with van der Waals surface area (Å²) in [6.45, 7) is 7.14. The van der Waals surface area contributed by atoms with E-state index in [9.17, 15) is 9.59 Å². The van der Waals surface area contributed by atoms with E-state index in [2.05, 4.69) is 6.92 Å². The van der Waals surface area contributed by atoms with Gasteiger partial charge in [0.1, 0.15) is 5.75 Å². The molecule has 0 spiro atoms. The van der Waals surface area contributed by atoms with Gasteiger partial charge in [-0.15, -0.1) is 0 Å². The van der Waals surface area contributed by atoms with E-state index < -0.39 is 5.97 Å². The minimum atomic E-state index is -1.01. The van der Waals surface area contributed by atoms with Crippen LogP contribution < -0.4 is 4.74 Å². The van der Waals surface area contributed by atoms with Crippen LogP contribution in [-0.4, -0.2) is 41.6 Å². The first-order chi connectivity index (χ1) is 10.9. The monoisotopic (exact) mass is 319 g/mol. The summed E-state index contributed by atoms with van der Waals surface area (Å²) >= 11 is 0. The molecule has 5 heteroatoms. The van der Waals surface area contributed by atoms with Gasteiger partial charge in [0.2, 0.25) is 0 Å². The summed E-state index contributed by atoms with van der Waals surface area (Å²) < 4.78 is 5.32. The van der Waals surface area contributed by atoms with Gasteiger partial charge in [-0.2, -0.15) is 0 Å². The highest BCUT2D eigenvalue weighted by Crippen LogP contribution is 2.26. The number of ether oxygens (including phenoxy) is 1. The molecular formula is C18H25NO4. The quantitative estimate of drug-likeness (QED) is 0.926. The van der Waals surface area contributed by atoms with Crippen molar-refractivity contribution in [2.24, 2.45) is 5.92 Å². The van der Waals surface area contributed by atoms with Crippen molar-refractivity contribution < 1.29 is 19.4 Å². The van der Waals surface area contributed by atoms with Gasteiger partial charge in [-0.05, 0) is 62.3 Å². The summed E-state index contributed by atoms with van der Waals surface area (Å²) in [5.41, 5.74) is 2.23. The molecule has 1 saturated heterocycles. The Balaban J connectivity index is 2.16. The average Bonchev–Trinajstić information content (AvgIpc) is 2.70. The van der Waals surface area contributed by atoms with Crippen LogP contribution in [0.2, 0.25) is 0 Å². The van der Waals surface area contributed by atoms with Gasteiger partial charge in [0.25, 0.3) is 5.91 Å². The van der Waals surface area contributed by atoms with E-state index >= 15 is 0 Å². The van der Waals surface area contributed by atoms with E-state index in [4.69, 9.17) is 9.84 Å². The molecule has 0 saturated carbocycles.